The average Bonchev–Trinajstić information content (AvgIpc) is 2.28. The van der Waals surface area contributed by atoms with Crippen molar-refractivity contribution in [2.24, 2.45) is 5.41 Å². The number of aliphatic hydroxyl groups excluding tert-OH is 1. The largest absolute Gasteiger partial charge is 0.488 e. The summed E-state index contributed by atoms with van der Waals surface area (Å²) in [6, 6.07) is 4.85. The van der Waals surface area contributed by atoms with Crippen molar-refractivity contribution in [3.05, 3.63) is 29.6 Å². The Kier molecular flexibility index (Phi) is 3.62. The summed E-state index contributed by atoms with van der Waals surface area (Å²) in [5, 5.41) is 9.97. The van der Waals surface area contributed by atoms with Crippen LogP contribution in [0.15, 0.2) is 18.2 Å². The summed E-state index contributed by atoms with van der Waals surface area (Å²) in [7, 11) is 0. The molecular weight excluding hydrogens is 231 g/mol. The Bertz CT molecular complexity index is 429. The minimum atomic E-state index is -0.456. The number of aryl methyl sites for hydroxylation is 1. The van der Waals surface area contributed by atoms with Crippen LogP contribution in [0, 0.1) is 18.2 Å². The second-order valence-corrected chi connectivity index (χ2v) is 6.04. The quantitative estimate of drug-likeness (QED) is 0.873. The Hall–Kier alpha value is -1.09. The topological polar surface area (TPSA) is 29.5 Å². The highest BCUT2D eigenvalue weighted by Gasteiger charge is 2.35. The van der Waals surface area contributed by atoms with E-state index in [4.69, 9.17) is 4.74 Å². The van der Waals surface area contributed by atoms with E-state index >= 15 is 0 Å². The van der Waals surface area contributed by atoms with E-state index in [1.807, 2.05) is 0 Å². The third kappa shape index (κ3) is 3.02. The first-order valence-corrected chi connectivity index (χ1v) is 6.48. The number of benzene rings is 1. The molecule has 1 saturated carbocycles. The maximum atomic E-state index is 13.4. The van der Waals surface area contributed by atoms with Gasteiger partial charge < -0.3 is 9.84 Å². The van der Waals surface area contributed by atoms with E-state index in [0.717, 1.165) is 19.3 Å². The molecule has 1 aromatic rings. The van der Waals surface area contributed by atoms with Crippen LogP contribution in [-0.2, 0) is 0 Å². The lowest BCUT2D eigenvalue weighted by molar-refractivity contribution is -0.0305. The molecule has 0 amide bonds. The Labute approximate surface area is 108 Å². The fourth-order valence-electron chi connectivity index (χ4n) is 2.45. The Balaban J connectivity index is 2.09. The van der Waals surface area contributed by atoms with Gasteiger partial charge in [-0.25, -0.2) is 4.39 Å². The first kappa shape index (κ1) is 13.3. The van der Waals surface area contributed by atoms with Crippen LogP contribution in [0.25, 0.3) is 0 Å². The minimum absolute atomic E-state index is 0.174. The SMILES string of the molecule is Cc1ccc(OC2CC(C)(C)CCC2O)cc1F. The molecule has 1 aliphatic carbocycles. The lowest BCUT2D eigenvalue weighted by Gasteiger charge is -2.38. The molecule has 100 valence electrons. The molecule has 0 aliphatic heterocycles. The van der Waals surface area contributed by atoms with Gasteiger partial charge in [0.25, 0.3) is 0 Å². The smallest absolute Gasteiger partial charge is 0.129 e. The molecule has 0 radical (unpaired) electrons. The molecule has 0 aromatic heterocycles. The van der Waals surface area contributed by atoms with Crippen LogP contribution >= 0.6 is 0 Å². The predicted molar refractivity (Wildman–Crippen MR) is 69.2 cm³/mol. The molecule has 0 bridgehead atoms. The minimum Gasteiger partial charge on any atom is -0.488 e. The highest BCUT2D eigenvalue weighted by molar-refractivity contribution is 5.28. The van der Waals surface area contributed by atoms with Crippen molar-refractivity contribution in [3.8, 4) is 5.75 Å². The molecule has 1 aromatic carbocycles. The van der Waals surface area contributed by atoms with Gasteiger partial charge in [-0.05, 0) is 43.2 Å². The monoisotopic (exact) mass is 252 g/mol. The number of halogens is 1. The average molecular weight is 252 g/mol. The highest BCUT2D eigenvalue weighted by atomic mass is 19.1. The van der Waals surface area contributed by atoms with Gasteiger partial charge in [-0.2, -0.15) is 0 Å². The van der Waals surface area contributed by atoms with Gasteiger partial charge in [0.1, 0.15) is 17.7 Å². The van der Waals surface area contributed by atoms with Crippen molar-refractivity contribution >= 4 is 0 Å². The van der Waals surface area contributed by atoms with Crippen molar-refractivity contribution in [3.63, 3.8) is 0 Å². The second kappa shape index (κ2) is 4.88. The van der Waals surface area contributed by atoms with Crippen molar-refractivity contribution in [1.82, 2.24) is 0 Å². The summed E-state index contributed by atoms with van der Waals surface area (Å²) in [5.74, 6) is 0.233. The summed E-state index contributed by atoms with van der Waals surface area (Å²) in [6.07, 6.45) is 1.84. The fourth-order valence-corrected chi connectivity index (χ4v) is 2.45. The zero-order valence-corrected chi connectivity index (χ0v) is 11.2. The van der Waals surface area contributed by atoms with E-state index in [-0.39, 0.29) is 17.3 Å². The molecule has 2 unspecified atom stereocenters. The van der Waals surface area contributed by atoms with Gasteiger partial charge >= 0.3 is 0 Å². The number of aliphatic hydroxyl groups is 1. The van der Waals surface area contributed by atoms with Crippen LogP contribution in [0.4, 0.5) is 4.39 Å². The van der Waals surface area contributed by atoms with Crippen LogP contribution in [0.2, 0.25) is 0 Å². The number of rotatable bonds is 2. The van der Waals surface area contributed by atoms with Crippen LogP contribution in [0.3, 0.4) is 0 Å². The van der Waals surface area contributed by atoms with Gasteiger partial charge in [-0.3, -0.25) is 0 Å². The standard InChI is InChI=1S/C15H21FO2/c1-10-4-5-11(8-12(10)16)18-14-9-15(2,3)7-6-13(14)17/h4-5,8,13-14,17H,6-7,9H2,1-3H3. The maximum Gasteiger partial charge on any atom is 0.129 e. The van der Waals surface area contributed by atoms with E-state index in [1.54, 1.807) is 19.1 Å². The predicted octanol–water partition coefficient (Wildman–Crippen LogP) is 3.45. The summed E-state index contributed by atoms with van der Waals surface area (Å²) >= 11 is 0. The molecule has 0 saturated heterocycles. The third-order valence-electron chi connectivity index (χ3n) is 3.73. The number of ether oxygens (including phenoxy) is 1. The fraction of sp³-hybridized carbons (Fsp3) is 0.600. The lowest BCUT2D eigenvalue weighted by Crippen LogP contribution is -2.41. The molecule has 1 N–H and O–H groups in total. The first-order valence-electron chi connectivity index (χ1n) is 6.48. The molecule has 3 heteroatoms. The van der Waals surface area contributed by atoms with Crippen molar-refractivity contribution in [1.29, 1.82) is 0 Å². The Morgan fingerprint density at radius 2 is 2.11 bits per heavy atom. The van der Waals surface area contributed by atoms with Crippen LogP contribution in [0.1, 0.15) is 38.7 Å². The summed E-state index contributed by atoms with van der Waals surface area (Å²) < 4.78 is 19.2. The number of hydrogen-bond acceptors (Lipinski definition) is 2. The molecule has 0 heterocycles. The number of hydrogen-bond donors (Lipinski definition) is 1. The molecule has 1 aliphatic rings. The van der Waals surface area contributed by atoms with E-state index < -0.39 is 6.10 Å². The van der Waals surface area contributed by atoms with Crippen molar-refractivity contribution in [2.75, 3.05) is 0 Å². The van der Waals surface area contributed by atoms with E-state index in [9.17, 15) is 9.50 Å². The summed E-state index contributed by atoms with van der Waals surface area (Å²) in [6.45, 7) is 6.06. The highest BCUT2D eigenvalue weighted by Crippen LogP contribution is 2.37. The summed E-state index contributed by atoms with van der Waals surface area (Å²) in [4.78, 5) is 0. The molecular formula is C15H21FO2. The van der Waals surface area contributed by atoms with Gasteiger partial charge in [-0.15, -0.1) is 0 Å². The zero-order chi connectivity index (χ0) is 13.3. The molecule has 2 nitrogen and oxygen atoms in total. The molecule has 2 atom stereocenters. The van der Waals surface area contributed by atoms with Crippen LogP contribution < -0.4 is 4.74 Å². The third-order valence-corrected chi connectivity index (χ3v) is 3.73. The van der Waals surface area contributed by atoms with Crippen molar-refractivity contribution in [2.45, 2.75) is 52.2 Å². The Morgan fingerprint density at radius 3 is 2.78 bits per heavy atom. The van der Waals surface area contributed by atoms with Gasteiger partial charge in [-0.1, -0.05) is 19.9 Å². The van der Waals surface area contributed by atoms with Gasteiger partial charge in [0, 0.05) is 6.07 Å². The van der Waals surface area contributed by atoms with E-state index in [0.29, 0.717) is 11.3 Å². The van der Waals surface area contributed by atoms with Gasteiger partial charge in [0.15, 0.2) is 0 Å². The second-order valence-electron chi connectivity index (χ2n) is 6.04. The lowest BCUT2D eigenvalue weighted by atomic mass is 9.75. The van der Waals surface area contributed by atoms with Crippen LogP contribution in [0.5, 0.6) is 5.75 Å². The molecule has 0 spiro atoms. The van der Waals surface area contributed by atoms with Gasteiger partial charge in [0.2, 0.25) is 0 Å². The summed E-state index contributed by atoms with van der Waals surface area (Å²) in [5.41, 5.74) is 0.777. The molecule has 2 rings (SSSR count). The zero-order valence-electron chi connectivity index (χ0n) is 11.2. The van der Waals surface area contributed by atoms with Gasteiger partial charge in [0.05, 0.1) is 6.10 Å². The maximum absolute atomic E-state index is 13.4. The van der Waals surface area contributed by atoms with Crippen molar-refractivity contribution < 1.29 is 14.2 Å². The Morgan fingerprint density at radius 1 is 1.39 bits per heavy atom. The van der Waals surface area contributed by atoms with E-state index in [2.05, 4.69) is 13.8 Å². The first-order chi connectivity index (χ1) is 8.37. The normalized spacial score (nSPS) is 26.9. The van der Waals surface area contributed by atoms with Crippen LogP contribution in [-0.4, -0.2) is 17.3 Å². The molecule has 1 fully saturated rings. The molecule has 18 heavy (non-hydrogen) atoms. The van der Waals surface area contributed by atoms with E-state index in [1.165, 1.54) is 6.07 Å².